The molecule has 0 atom stereocenters. The maximum atomic E-state index is 12.5. The van der Waals surface area contributed by atoms with E-state index in [1.807, 2.05) is 0 Å². The van der Waals surface area contributed by atoms with Gasteiger partial charge in [-0.25, -0.2) is 8.42 Å². The number of halogens is 1. The number of rotatable bonds is 9. The molecule has 28 heavy (non-hydrogen) atoms. The maximum Gasteiger partial charge on any atom is 0.243 e. The van der Waals surface area contributed by atoms with Gasteiger partial charge in [0.1, 0.15) is 18.1 Å². The van der Waals surface area contributed by atoms with Gasteiger partial charge in [-0.1, -0.05) is 11.6 Å². The van der Waals surface area contributed by atoms with Crippen LogP contribution in [0.3, 0.4) is 0 Å². The second kappa shape index (κ2) is 9.77. The van der Waals surface area contributed by atoms with Crippen molar-refractivity contribution in [2.75, 3.05) is 40.9 Å². The third-order valence-corrected chi connectivity index (χ3v) is 6.13. The number of carbonyl (C=O) groups excluding carboxylic acids is 1. The molecule has 0 bridgehead atoms. The van der Waals surface area contributed by atoms with Crippen LogP contribution >= 0.6 is 11.6 Å². The first-order valence-corrected chi connectivity index (χ1v) is 10.3. The van der Waals surface area contributed by atoms with Gasteiger partial charge in [-0.3, -0.25) is 4.79 Å². The average Bonchev–Trinajstić information content (AvgIpc) is 2.68. The fourth-order valence-corrected chi connectivity index (χ4v) is 3.53. The second-order valence-corrected chi connectivity index (χ2v) is 8.54. The first-order chi connectivity index (χ1) is 13.2. The summed E-state index contributed by atoms with van der Waals surface area (Å²) >= 11 is 5.79. The number of sulfonamides is 1. The van der Waals surface area contributed by atoms with Crippen molar-refractivity contribution in [3.63, 3.8) is 0 Å². The summed E-state index contributed by atoms with van der Waals surface area (Å²) in [5, 5.41) is 0.439. The largest absolute Gasteiger partial charge is 0.497 e. The van der Waals surface area contributed by atoms with E-state index >= 15 is 0 Å². The lowest BCUT2D eigenvalue weighted by molar-refractivity contribution is -0.130. The molecule has 0 saturated heterocycles. The molecule has 2 aromatic carbocycles. The summed E-state index contributed by atoms with van der Waals surface area (Å²) in [6.45, 7) is 0.325. The Kier molecular flexibility index (Phi) is 7.68. The molecular formula is C19H23ClN2O5S. The SMILES string of the molecule is COc1ccc(OCCN(C)C(=O)CN(C)S(=O)(=O)c2ccc(Cl)cc2)cc1. The minimum atomic E-state index is -3.77. The highest BCUT2D eigenvalue weighted by Crippen LogP contribution is 2.18. The van der Waals surface area contributed by atoms with Crippen LogP contribution in [0.25, 0.3) is 0 Å². The van der Waals surface area contributed by atoms with Gasteiger partial charge in [0.05, 0.1) is 25.1 Å². The van der Waals surface area contributed by atoms with E-state index in [4.69, 9.17) is 21.1 Å². The van der Waals surface area contributed by atoms with Gasteiger partial charge in [-0.2, -0.15) is 4.31 Å². The number of carbonyl (C=O) groups is 1. The standard InChI is InChI=1S/C19H23ClN2O5S/c1-21(12-13-27-17-8-6-16(26-3)7-9-17)19(23)14-22(2)28(24,25)18-10-4-15(20)5-11-18/h4-11H,12-14H2,1-3H3. The Hall–Kier alpha value is -2.29. The normalized spacial score (nSPS) is 11.3. The van der Waals surface area contributed by atoms with Crippen molar-refractivity contribution in [1.29, 1.82) is 0 Å². The van der Waals surface area contributed by atoms with Gasteiger partial charge >= 0.3 is 0 Å². The van der Waals surface area contributed by atoms with Crippen LogP contribution in [0.4, 0.5) is 0 Å². The Labute approximate surface area is 170 Å². The number of likely N-dealkylation sites (N-methyl/N-ethyl adjacent to an activating group) is 2. The van der Waals surface area contributed by atoms with Gasteiger partial charge in [0, 0.05) is 19.1 Å². The molecule has 0 unspecified atom stereocenters. The molecule has 1 amide bonds. The molecule has 0 N–H and O–H groups in total. The highest BCUT2D eigenvalue weighted by Gasteiger charge is 2.24. The van der Waals surface area contributed by atoms with Crippen LogP contribution in [0, 0.1) is 0 Å². The van der Waals surface area contributed by atoms with E-state index < -0.39 is 10.0 Å². The van der Waals surface area contributed by atoms with E-state index in [-0.39, 0.29) is 24.0 Å². The van der Waals surface area contributed by atoms with Crippen molar-refractivity contribution >= 4 is 27.5 Å². The summed E-state index contributed by atoms with van der Waals surface area (Å²) in [6.07, 6.45) is 0. The minimum absolute atomic E-state index is 0.0812. The molecule has 9 heteroatoms. The van der Waals surface area contributed by atoms with Crippen molar-refractivity contribution < 1.29 is 22.7 Å². The Balaban J connectivity index is 1.85. The smallest absolute Gasteiger partial charge is 0.243 e. The van der Waals surface area contributed by atoms with Crippen LogP contribution in [0.5, 0.6) is 11.5 Å². The number of hydrogen-bond donors (Lipinski definition) is 0. The molecule has 152 valence electrons. The topological polar surface area (TPSA) is 76.2 Å². The van der Waals surface area contributed by atoms with Gasteiger partial charge in [-0.15, -0.1) is 0 Å². The van der Waals surface area contributed by atoms with E-state index in [1.54, 1.807) is 38.4 Å². The predicted octanol–water partition coefficient (Wildman–Crippen LogP) is 2.51. The predicted molar refractivity (Wildman–Crippen MR) is 107 cm³/mol. The summed E-state index contributed by atoms with van der Waals surface area (Å²) in [5.41, 5.74) is 0. The molecule has 2 aromatic rings. The lowest BCUT2D eigenvalue weighted by Crippen LogP contribution is -2.40. The van der Waals surface area contributed by atoms with Gasteiger partial charge in [0.25, 0.3) is 0 Å². The van der Waals surface area contributed by atoms with E-state index in [2.05, 4.69) is 0 Å². The third-order valence-electron chi connectivity index (χ3n) is 4.06. The molecule has 7 nitrogen and oxygen atoms in total. The van der Waals surface area contributed by atoms with Crippen molar-refractivity contribution in [3.8, 4) is 11.5 Å². The molecule has 0 aliphatic rings. The molecule has 0 aliphatic heterocycles. The number of hydrogen-bond acceptors (Lipinski definition) is 5. The minimum Gasteiger partial charge on any atom is -0.497 e. The maximum absolute atomic E-state index is 12.5. The molecule has 0 saturated carbocycles. The fraction of sp³-hybridized carbons (Fsp3) is 0.316. The van der Waals surface area contributed by atoms with Crippen LogP contribution in [0.2, 0.25) is 5.02 Å². The van der Waals surface area contributed by atoms with Crippen LogP contribution in [-0.4, -0.2) is 64.4 Å². The van der Waals surface area contributed by atoms with Crippen molar-refractivity contribution in [1.82, 2.24) is 9.21 Å². The number of methoxy groups -OCH3 is 1. The lowest BCUT2D eigenvalue weighted by Gasteiger charge is -2.22. The number of nitrogens with zero attached hydrogens (tertiary/aromatic N) is 2. The molecule has 0 radical (unpaired) electrons. The van der Waals surface area contributed by atoms with Crippen molar-refractivity contribution in [2.24, 2.45) is 0 Å². The average molecular weight is 427 g/mol. The van der Waals surface area contributed by atoms with Crippen LogP contribution in [0.1, 0.15) is 0 Å². The van der Waals surface area contributed by atoms with E-state index in [0.717, 1.165) is 10.1 Å². The summed E-state index contributed by atoms with van der Waals surface area (Å²) in [7, 11) is 0.778. The highest BCUT2D eigenvalue weighted by atomic mass is 35.5. The molecular weight excluding hydrogens is 404 g/mol. The van der Waals surface area contributed by atoms with E-state index in [0.29, 0.717) is 17.3 Å². The second-order valence-electron chi connectivity index (χ2n) is 6.05. The summed E-state index contributed by atoms with van der Waals surface area (Å²) in [6, 6.07) is 12.9. The molecule has 0 fully saturated rings. The Bertz CT molecular complexity index is 886. The van der Waals surface area contributed by atoms with Gasteiger partial charge in [0.2, 0.25) is 15.9 Å². The zero-order valence-electron chi connectivity index (χ0n) is 16.0. The molecule has 2 rings (SSSR count). The Morgan fingerprint density at radius 1 is 1.00 bits per heavy atom. The highest BCUT2D eigenvalue weighted by molar-refractivity contribution is 7.89. The fourth-order valence-electron chi connectivity index (χ4n) is 2.28. The number of ether oxygens (including phenoxy) is 2. The van der Waals surface area contributed by atoms with Gasteiger partial charge in [0.15, 0.2) is 0 Å². The number of benzene rings is 2. The van der Waals surface area contributed by atoms with Crippen LogP contribution < -0.4 is 9.47 Å². The molecule has 0 spiro atoms. The van der Waals surface area contributed by atoms with Crippen LogP contribution in [0.15, 0.2) is 53.4 Å². The van der Waals surface area contributed by atoms with Gasteiger partial charge < -0.3 is 14.4 Å². The Morgan fingerprint density at radius 3 is 2.14 bits per heavy atom. The zero-order chi connectivity index (χ0) is 20.7. The summed E-state index contributed by atoms with van der Waals surface area (Å²) in [4.78, 5) is 13.8. The third kappa shape index (κ3) is 5.85. The first-order valence-electron chi connectivity index (χ1n) is 8.47. The lowest BCUT2D eigenvalue weighted by atomic mass is 10.3. The van der Waals surface area contributed by atoms with E-state index in [9.17, 15) is 13.2 Å². The van der Waals surface area contributed by atoms with Crippen molar-refractivity contribution in [3.05, 3.63) is 53.6 Å². The van der Waals surface area contributed by atoms with E-state index in [1.165, 1.54) is 36.2 Å². The Morgan fingerprint density at radius 2 is 1.57 bits per heavy atom. The quantitative estimate of drug-likeness (QED) is 0.615. The zero-order valence-corrected chi connectivity index (χ0v) is 17.5. The molecule has 0 aliphatic carbocycles. The monoisotopic (exact) mass is 426 g/mol. The number of amides is 1. The molecule has 0 heterocycles. The summed E-state index contributed by atoms with van der Waals surface area (Å²) < 4.78 is 36.7. The van der Waals surface area contributed by atoms with Crippen LogP contribution in [-0.2, 0) is 14.8 Å². The van der Waals surface area contributed by atoms with Gasteiger partial charge in [-0.05, 0) is 48.5 Å². The molecule has 0 aromatic heterocycles. The van der Waals surface area contributed by atoms with Crippen molar-refractivity contribution in [2.45, 2.75) is 4.90 Å². The summed E-state index contributed by atoms with van der Waals surface area (Å²) in [5.74, 6) is 1.05. The first kappa shape index (κ1) is 22.0.